The molecule has 26 heteroatoms. The summed E-state index contributed by atoms with van der Waals surface area (Å²) in [4.78, 5) is 124. The van der Waals surface area contributed by atoms with Gasteiger partial charge in [0.25, 0.3) is 23.7 Å². The molecule has 2 fully saturated rings. The molecule has 0 radical (unpaired) electrons. The SMILES string of the molecule is N#CC1CC(F)(F)CN1C(=O)CNC(=O)c1ccnc2c(NC(=O)CCC(=O)NCCCCC(NC(=O)CCC(=O)Nc3cccc4c(C(=O)NCC(=O)N5CC(F)(F)C[C@H]5C#N)ccnc34)C(=O)O)cccc12. The zero-order valence-corrected chi connectivity index (χ0v) is 39.2. The number of likely N-dealkylation sites (tertiary alicyclic amines) is 2. The number of alkyl halides is 4. The highest BCUT2D eigenvalue weighted by atomic mass is 19.3. The van der Waals surface area contributed by atoms with E-state index in [0.717, 1.165) is 4.90 Å². The van der Waals surface area contributed by atoms with Gasteiger partial charge >= 0.3 is 5.97 Å². The van der Waals surface area contributed by atoms with Crippen LogP contribution in [0.2, 0.25) is 0 Å². The number of halogens is 4. The highest BCUT2D eigenvalue weighted by Gasteiger charge is 2.48. The minimum atomic E-state index is -3.23. The van der Waals surface area contributed by atoms with Gasteiger partial charge in [0.1, 0.15) is 18.1 Å². The summed E-state index contributed by atoms with van der Waals surface area (Å²) in [7, 11) is 0. The Kier molecular flexibility index (Phi) is 17.7. The number of nitrogens with zero attached hydrogens (tertiary/aromatic N) is 6. The predicted molar refractivity (Wildman–Crippen MR) is 252 cm³/mol. The fourth-order valence-electron chi connectivity index (χ4n) is 8.24. The van der Waals surface area contributed by atoms with Crippen LogP contribution in [0.25, 0.3) is 21.8 Å². The van der Waals surface area contributed by atoms with Crippen LogP contribution in [-0.2, 0) is 33.6 Å². The summed E-state index contributed by atoms with van der Waals surface area (Å²) < 4.78 is 55.3. The fraction of sp³-hybridized carbons (Fsp3) is 0.396. The Bertz CT molecular complexity index is 2960. The Balaban J connectivity index is 0.885. The van der Waals surface area contributed by atoms with Crippen molar-refractivity contribution in [2.24, 2.45) is 0 Å². The highest BCUT2D eigenvalue weighted by molar-refractivity contribution is 6.12. The second-order valence-electron chi connectivity index (χ2n) is 17.3. The van der Waals surface area contributed by atoms with E-state index >= 15 is 0 Å². The van der Waals surface area contributed by atoms with Crippen LogP contribution >= 0.6 is 0 Å². The van der Waals surface area contributed by atoms with E-state index in [1.165, 1.54) is 54.9 Å². The van der Waals surface area contributed by atoms with Gasteiger partial charge in [0, 0.05) is 68.2 Å². The molecule has 2 saturated heterocycles. The summed E-state index contributed by atoms with van der Waals surface area (Å²) in [5, 5.41) is 43.6. The molecule has 0 saturated carbocycles. The minimum Gasteiger partial charge on any atom is -0.480 e. The van der Waals surface area contributed by atoms with Gasteiger partial charge in [-0.05, 0) is 43.5 Å². The van der Waals surface area contributed by atoms with Crippen molar-refractivity contribution in [3.05, 3.63) is 72.1 Å². The topological polar surface area (TPSA) is 326 Å². The number of fused-ring (bicyclic) bond motifs is 2. The van der Waals surface area contributed by atoms with Gasteiger partial charge in [-0.25, -0.2) is 22.4 Å². The number of unbranched alkanes of at least 4 members (excludes halogenated alkanes) is 1. The van der Waals surface area contributed by atoms with Crippen molar-refractivity contribution in [1.82, 2.24) is 41.0 Å². The molecular formula is C48H48F4N12O10. The van der Waals surface area contributed by atoms with Crippen molar-refractivity contribution in [2.45, 2.75) is 87.8 Å². The lowest BCUT2D eigenvalue weighted by atomic mass is 10.1. The number of anilines is 2. The third kappa shape index (κ3) is 14.2. The molecule has 2 aromatic carbocycles. The summed E-state index contributed by atoms with van der Waals surface area (Å²) in [6.45, 7) is -3.07. The summed E-state index contributed by atoms with van der Waals surface area (Å²) in [5.41, 5.74) is 0.855. The molecule has 2 unspecified atom stereocenters. The van der Waals surface area contributed by atoms with Gasteiger partial charge < -0.3 is 46.8 Å². The number of pyridine rings is 2. The molecule has 2 aliphatic heterocycles. The molecule has 2 aliphatic rings. The van der Waals surface area contributed by atoms with Crippen molar-refractivity contribution in [1.29, 1.82) is 10.5 Å². The highest BCUT2D eigenvalue weighted by Crippen LogP contribution is 2.33. The summed E-state index contributed by atoms with van der Waals surface area (Å²) in [5.74, 6) is -13.4. The number of nitriles is 2. The molecule has 4 aromatic rings. The second kappa shape index (κ2) is 24.1. The number of nitrogens with one attached hydrogen (secondary N) is 6. The van der Waals surface area contributed by atoms with Crippen molar-refractivity contribution >= 4 is 86.4 Å². The van der Waals surface area contributed by atoms with Crippen LogP contribution in [0.15, 0.2) is 60.9 Å². The molecule has 0 bridgehead atoms. The first kappa shape index (κ1) is 54.5. The first-order valence-electron chi connectivity index (χ1n) is 23.0. The van der Waals surface area contributed by atoms with E-state index in [2.05, 4.69) is 41.9 Å². The van der Waals surface area contributed by atoms with E-state index in [1.54, 1.807) is 18.2 Å². The monoisotopic (exact) mass is 1030 g/mol. The van der Waals surface area contributed by atoms with E-state index in [-0.39, 0.29) is 83.0 Å². The molecule has 6 rings (SSSR count). The lowest BCUT2D eigenvalue weighted by Crippen LogP contribution is -2.43. The zero-order chi connectivity index (χ0) is 53.7. The normalized spacial score (nSPS) is 16.8. The number of carbonyl (C=O) groups is 9. The van der Waals surface area contributed by atoms with Crippen LogP contribution in [0.3, 0.4) is 0 Å². The standard InChI is InChI=1S/C48H48F4N12O10/c49-47(50)19-27(21-53)63(25-47)40(69)23-58-44(71)31-14-17-56-42-29(31)5-3-8-33(42)60-37(66)11-10-36(65)55-16-2-1-7-35(46(73)74)62-39(68)13-12-38(67)61-34-9-4-6-30-32(15-18-57-43(30)34)45(72)59-24-41(70)64-26-48(51,52)20-28(64)22-54/h3-6,8-9,14-15,17-18,27-28,35H,1-2,7,10-13,16,19-20,23-26H2,(H,55,65)(H,58,71)(H,59,72)(H,60,66)(H,61,67)(H,62,68)(H,73,74)/t27?,28-,35?/m0/s1. The number of hydrogen-bond donors (Lipinski definition) is 7. The van der Waals surface area contributed by atoms with Crippen molar-refractivity contribution in [3.63, 3.8) is 0 Å². The maximum Gasteiger partial charge on any atom is 0.326 e. The molecular weight excluding hydrogens is 981 g/mol. The smallest absolute Gasteiger partial charge is 0.326 e. The number of benzene rings is 2. The third-order valence-corrected chi connectivity index (χ3v) is 11.9. The maximum absolute atomic E-state index is 13.8. The number of aromatic nitrogens is 2. The van der Waals surface area contributed by atoms with Crippen molar-refractivity contribution in [3.8, 4) is 12.1 Å². The van der Waals surface area contributed by atoms with E-state index in [0.29, 0.717) is 11.3 Å². The fourth-order valence-corrected chi connectivity index (χ4v) is 8.24. The van der Waals surface area contributed by atoms with Gasteiger partial charge in [0.2, 0.25) is 35.4 Å². The van der Waals surface area contributed by atoms with E-state index in [1.807, 2.05) is 0 Å². The van der Waals surface area contributed by atoms with Crippen molar-refractivity contribution in [2.75, 3.05) is 43.4 Å². The molecule has 7 N–H and O–H groups in total. The Hall–Kier alpha value is -8.81. The van der Waals surface area contributed by atoms with Crippen LogP contribution in [-0.4, -0.2) is 141 Å². The molecule has 3 atom stereocenters. The molecule has 22 nitrogen and oxygen atoms in total. The molecule has 0 aliphatic carbocycles. The number of rotatable bonds is 21. The van der Waals surface area contributed by atoms with Gasteiger partial charge in [-0.2, -0.15) is 10.5 Å². The number of carbonyl (C=O) groups excluding carboxylic acids is 8. The van der Waals surface area contributed by atoms with Gasteiger partial charge in [-0.3, -0.25) is 48.3 Å². The van der Waals surface area contributed by atoms with Crippen molar-refractivity contribution < 1.29 is 65.8 Å². The first-order chi connectivity index (χ1) is 35.2. The summed E-state index contributed by atoms with van der Waals surface area (Å²) in [6, 6.07) is 11.2. The van der Waals surface area contributed by atoms with Gasteiger partial charge in [0.15, 0.2) is 0 Å². The lowest BCUT2D eigenvalue weighted by molar-refractivity contribution is -0.142. The second-order valence-corrected chi connectivity index (χ2v) is 17.3. The van der Waals surface area contributed by atoms with Crippen LogP contribution in [0.5, 0.6) is 0 Å². The Morgan fingerprint density at radius 1 is 0.635 bits per heavy atom. The molecule has 4 heterocycles. The van der Waals surface area contributed by atoms with Crippen LogP contribution in [0.1, 0.15) is 78.5 Å². The Morgan fingerprint density at radius 3 is 1.53 bits per heavy atom. The van der Waals surface area contributed by atoms with Gasteiger partial charge in [-0.15, -0.1) is 0 Å². The average molecular weight is 1030 g/mol. The first-order valence-corrected chi connectivity index (χ1v) is 23.0. The molecule has 74 heavy (non-hydrogen) atoms. The molecule has 2 aromatic heterocycles. The number of carboxylic acid groups (broad SMARTS) is 1. The average Bonchev–Trinajstić information content (AvgIpc) is 3.88. The zero-order valence-electron chi connectivity index (χ0n) is 39.2. The molecule has 0 spiro atoms. The number of hydrogen-bond acceptors (Lipinski definition) is 13. The van der Waals surface area contributed by atoms with E-state index < -0.39 is 129 Å². The molecule has 8 amide bonds. The number of carboxylic acids is 1. The molecule has 388 valence electrons. The summed E-state index contributed by atoms with van der Waals surface area (Å²) >= 11 is 0. The number of para-hydroxylation sites is 2. The van der Waals surface area contributed by atoms with Crippen LogP contribution in [0.4, 0.5) is 28.9 Å². The number of amides is 8. The Labute approximate surface area is 418 Å². The van der Waals surface area contributed by atoms with E-state index in [4.69, 9.17) is 0 Å². The quantitative estimate of drug-likeness (QED) is 0.0467. The lowest BCUT2D eigenvalue weighted by Gasteiger charge is -2.19. The third-order valence-electron chi connectivity index (χ3n) is 11.9. The maximum atomic E-state index is 13.8. The van der Waals surface area contributed by atoms with Crippen LogP contribution < -0.4 is 31.9 Å². The van der Waals surface area contributed by atoms with Crippen LogP contribution in [0, 0.1) is 22.7 Å². The van der Waals surface area contributed by atoms with Gasteiger partial charge in [-0.1, -0.05) is 24.3 Å². The number of aliphatic carboxylic acids is 1. The predicted octanol–water partition coefficient (Wildman–Crippen LogP) is 2.76. The minimum absolute atomic E-state index is 0.0186. The van der Waals surface area contributed by atoms with E-state index in [9.17, 15) is 76.3 Å². The van der Waals surface area contributed by atoms with Gasteiger partial charge in [0.05, 0.1) is 71.9 Å². The Morgan fingerprint density at radius 2 is 1.08 bits per heavy atom. The summed E-state index contributed by atoms with van der Waals surface area (Å²) in [6.07, 6.45) is 0.258. The largest absolute Gasteiger partial charge is 0.480 e.